The summed E-state index contributed by atoms with van der Waals surface area (Å²) in [5.74, 6) is -0.755. The number of carbonyl (C=O) groups is 2. The molecule has 1 aliphatic rings. The van der Waals surface area contributed by atoms with Crippen molar-refractivity contribution in [1.82, 2.24) is 14.8 Å². The van der Waals surface area contributed by atoms with Gasteiger partial charge in [0, 0.05) is 31.3 Å². The van der Waals surface area contributed by atoms with E-state index in [0.717, 1.165) is 30.7 Å². The Morgan fingerprint density at radius 2 is 1.89 bits per heavy atom. The first-order valence-corrected chi connectivity index (χ1v) is 14.1. The van der Waals surface area contributed by atoms with Crippen LogP contribution in [0.1, 0.15) is 41.6 Å². The third-order valence-corrected chi connectivity index (χ3v) is 7.64. The van der Waals surface area contributed by atoms with Crippen molar-refractivity contribution in [3.63, 3.8) is 0 Å². The van der Waals surface area contributed by atoms with Crippen LogP contribution in [0, 0.1) is 11.3 Å². The van der Waals surface area contributed by atoms with Crippen LogP contribution in [0.5, 0.6) is 0 Å². The fraction of sp³-hybridized carbons (Fsp3) is 0.387. The number of hydrogen-bond donors (Lipinski definition) is 2. The molecule has 0 fully saturated rings. The average molecular weight is 646 g/mol. The van der Waals surface area contributed by atoms with E-state index >= 15 is 0 Å². The molecular formula is C31H36F3N6O6+. The molecule has 3 aromatic rings. The first-order valence-electron chi connectivity index (χ1n) is 14.1. The maximum Gasteiger partial charge on any atom is 0.416 e. The number of nitrogens with zero attached hydrogens (tertiary/aromatic N) is 5. The van der Waals surface area contributed by atoms with Crippen LogP contribution < -0.4 is 10.6 Å². The summed E-state index contributed by atoms with van der Waals surface area (Å²) in [4.78, 5) is 36.4. The molecule has 12 nitrogen and oxygen atoms in total. The molecule has 0 bridgehead atoms. The van der Waals surface area contributed by atoms with Crippen molar-refractivity contribution in [3.8, 4) is 6.07 Å². The van der Waals surface area contributed by atoms with Gasteiger partial charge in [-0.05, 0) is 48.4 Å². The van der Waals surface area contributed by atoms with Gasteiger partial charge in [-0.2, -0.15) is 18.4 Å². The maximum absolute atomic E-state index is 13.6. The van der Waals surface area contributed by atoms with Gasteiger partial charge in [0.2, 0.25) is 5.95 Å². The predicted molar refractivity (Wildman–Crippen MR) is 161 cm³/mol. The van der Waals surface area contributed by atoms with Crippen LogP contribution >= 0.6 is 0 Å². The van der Waals surface area contributed by atoms with Gasteiger partial charge >= 0.3 is 17.8 Å². The number of H-pyrrole nitrogens is 1. The summed E-state index contributed by atoms with van der Waals surface area (Å²) in [7, 11) is 7.01. The van der Waals surface area contributed by atoms with Crippen LogP contribution in [0.25, 0.3) is 0 Å². The van der Waals surface area contributed by atoms with E-state index in [2.05, 4.69) is 30.4 Å². The molecule has 0 aliphatic carbocycles. The number of esters is 1. The molecule has 4 rings (SSSR count). The fourth-order valence-electron chi connectivity index (χ4n) is 5.41. The molecular weight excluding hydrogens is 609 g/mol. The lowest BCUT2D eigenvalue weighted by Gasteiger charge is -2.36. The minimum Gasteiger partial charge on any atom is -0.483 e. The van der Waals surface area contributed by atoms with E-state index in [9.17, 15) is 28.0 Å². The van der Waals surface area contributed by atoms with Crippen molar-refractivity contribution in [2.75, 3.05) is 52.9 Å². The molecule has 15 heteroatoms. The highest BCUT2D eigenvalue weighted by Crippen LogP contribution is 2.43. The number of aromatic amines is 1. The minimum absolute atomic E-state index is 0.00506. The number of rotatable bonds is 10. The molecule has 2 heterocycles. The second-order valence-electron chi connectivity index (χ2n) is 11.1. The molecule has 1 atom stereocenters. The van der Waals surface area contributed by atoms with Crippen molar-refractivity contribution in [2.45, 2.75) is 32.0 Å². The summed E-state index contributed by atoms with van der Waals surface area (Å²) in [5, 5.41) is 23.1. The summed E-state index contributed by atoms with van der Waals surface area (Å²) < 4.78 is 53.1. The molecule has 2 N–H and O–H groups in total. The van der Waals surface area contributed by atoms with Crippen molar-refractivity contribution in [3.05, 3.63) is 86.5 Å². The van der Waals surface area contributed by atoms with Gasteiger partial charge in [-0.15, -0.1) is 5.10 Å². The van der Waals surface area contributed by atoms with Gasteiger partial charge in [0.1, 0.15) is 6.04 Å². The smallest absolute Gasteiger partial charge is 0.416 e. The average Bonchev–Trinajstić information content (AvgIpc) is 3.39. The van der Waals surface area contributed by atoms with Gasteiger partial charge in [-0.25, -0.2) is 19.3 Å². The van der Waals surface area contributed by atoms with Gasteiger partial charge in [0.15, 0.2) is 0 Å². The highest BCUT2D eigenvalue weighted by molar-refractivity contribution is 5.93. The Kier molecular flexibility index (Phi) is 11.5. The number of ether oxygens (including phenoxy) is 2. The van der Waals surface area contributed by atoms with Crippen LogP contribution in [0.2, 0.25) is 0 Å². The third-order valence-electron chi connectivity index (χ3n) is 7.64. The number of nitrogens with one attached hydrogen (secondary N) is 1. The third kappa shape index (κ3) is 7.82. The van der Waals surface area contributed by atoms with Crippen molar-refractivity contribution in [1.29, 1.82) is 5.26 Å². The van der Waals surface area contributed by atoms with E-state index < -0.39 is 29.4 Å². The lowest BCUT2D eigenvalue weighted by atomic mass is 9.89. The number of benzene rings is 2. The van der Waals surface area contributed by atoms with E-state index in [1.54, 1.807) is 32.2 Å². The largest absolute Gasteiger partial charge is 0.483 e. The first kappa shape index (κ1) is 35.5. The molecule has 2 aromatic carbocycles. The number of allylic oxidation sites excluding steroid dienone is 1. The molecule has 0 amide bonds. The molecule has 1 aliphatic heterocycles. The number of fused-ring (bicyclic) bond motifs is 1. The topological polar surface area (TPSA) is 151 Å². The second-order valence-corrected chi connectivity index (χ2v) is 11.1. The Hall–Kier alpha value is -4.94. The van der Waals surface area contributed by atoms with Crippen LogP contribution in [0.15, 0.2) is 58.5 Å². The van der Waals surface area contributed by atoms with E-state index in [4.69, 9.17) is 19.4 Å². The quantitative estimate of drug-likeness (QED) is 0.144. The summed E-state index contributed by atoms with van der Waals surface area (Å²) >= 11 is 0. The van der Waals surface area contributed by atoms with Gasteiger partial charge in [-0.1, -0.05) is 12.1 Å². The van der Waals surface area contributed by atoms with Crippen molar-refractivity contribution < 1.29 is 41.8 Å². The number of anilines is 2. The Labute approximate surface area is 263 Å². The molecule has 0 unspecified atom stereocenters. The molecule has 0 saturated heterocycles. The maximum atomic E-state index is 13.6. The monoisotopic (exact) mass is 645 g/mol. The molecule has 0 saturated carbocycles. The highest BCUT2D eigenvalue weighted by Gasteiger charge is 2.41. The zero-order valence-electron chi connectivity index (χ0n) is 26.1. The molecule has 246 valence electrons. The van der Waals surface area contributed by atoms with Crippen LogP contribution in [0.4, 0.5) is 24.8 Å². The lowest BCUT2D eigenvalue weighted by Crippen LogP contribution is -2.42. The standard InChI is InChI=1S/C30H33F3N6O4.CH2O2/c1-19-25(27(40)43-5)26(24-11-10-20(18-34)16-21(24)12-14-39(2,3)13-7-15-42-4)38-28(35-36-29(38)41)37(19)23-9-6-8-22(17-23)30(31,32)33;2-1-3/h6,8-11,16-17,26H,7,12-15H2,1-5H3;1H,(H,2,3)/p+1/t26-;/m1./s1. The number of nitriles is 1. The van der Waals surface area contributed by atoms with E-state index in [1.165, 1.54) is 28.7 Å². The van der Waals surface area contributed by atoms with Gasteiger partial charge in [0.05, 0.1) is 63.7 Å². The molecule has 46 heavy (non-hydrogen) atoms. The lowest BCUT2D eigenvalue weighted by molar-refractivity contribution is -0.890. The number of aromatic nitrogens is 3. The van der Waals surface area contributed by atoms with E-state index in [-0.39, 0.29) is 29.4 Å². The van der Waals surface area contributed by atoms with Gasteiger partial charge < -0.3 is 19.1 Å². The first-order chi connectivity index (χ1) is 21.7. The van der Waals surface area contributed by atoms with Gasteiger partial charge in [0.25, 0.3) is 6.47 Å². The number of quaternary nitrogens is 1. The number of alkyl halides is 3. The van der Waals surface area contributed by atoms with Crippen LogP contribution in [-0.4, -0.2) is 84.8 Å². The molecule has 1 aromatic heterocycles. The Morgan fingerprint density at radius 1 is 1.20 bits per heavy atom. The Morgan fingerprint density at radius 3 is 2.50 bits per heavy atom. The summed E-state index contributed by atoms with van der Waals surface area (Å²) in [6.07, 6.45) is -3.26. The zero-order valence-corrected chi connectivity index (χ0v) is 26.1. The van der Waals surface area contributed by atoms with Crippen LogP contribution in [-0.2, 0) is 31.7 Å². The molecule has 0 radical (unpaired) electrons. The van der Waals surface area contributed by atoms with Crippen molar-refractivity contribution in [2.24, 2.45) is 0 Å². The van der Waals surface area contributed by atoms with Crippen molar-refractivity contribution >= 4 is 24.1 Å². The second kappa shape index (κ2) is 14.9. The highest BCUT2D eigenvalue weighted by atomic mass is 19.4. The van der Waals surface area contributed by atoms with Crippen LogP contribution in [0.3, 0.4) is 0 Å². The number of halogens is 3. The summed E-state index contributed by atoms with van der Waals surface area (Å²) in [6, 6.07) is 10.7. The SMILES string of the molecule is COCCC[N+](C)(C)CCc1cc(C#N)ccc1[C@@H]1C(C(=O)OC)=C(C)N(c2cccc(C(F)(F)F)c2)c2n[nH]c(=O)n21.O=CO. The minimum atomic E-state index is -4.62. The number of carbonyl (C=O) groups excluding carboxylic acids is 1. The normalized spacial score (nSPS) is 14.6. The van der Waals surface area contributed by atoms with E-state index in [1.807, 2.05) is 0 Å². The molecule has 0 spiro atoms. The number of likely N-dealkylation sites (N-methyl/N-ethyl adjacent to an activating group) is 1. The zero-order chi connectivity index (χ0) is 34.2. The van der Waals surface area contributed by atoms with Gasteiger partial charge in [-0.3, -0.25) is 9.69 Å². The Bertz CT molecular complexity index is 1690. The number of methoxy groups -OCH3 is 2. The number of hydrogen-bond acceptors (Lipinski definition) is 8. The Balaban J connectivity index is 0.00000185. The fourth-order valence-corrected chi connectivity index (χ4v) is 5.41. The summed E-state index contributed by atoms with van der Waals surface area (Å²) in [5.41, 5.74) is 0.505. The van der Waals surface area contributed by atoms with E-state index in [0.29, 0.717) is 35.2 Å². The summed E-state index contributed by atoms with van der Waals surface area (Å²) in [6.45, 7) is 3.47. The predicted octanol–water partition coefficient (Wildman–Crippen LogP) is 4.01. The number of carboxylic acid groups (broad SMARTS) is 1.